The lowest BCUT2D eigenvalue weighted by Crippen LogP contribution is -2.46. The molecule has 3 aromatic rings. The second-order valence-electron chi connectivity index (χ2n) is 7.87. The van der Waals surface area contributed by atoms with Gasteiger partial charge in [-0.15, -0.1) is 17.5 Å². The average molecular weight is 470 g/mol. The number of carbonyl (C=O) groups is 1. The Labute approximate surface area is 199 Å². The molecule has 0 aliphatic carbocycles. The van der Waals surface area contributed by atoms with E-state index in [0.717, 1.165) is 24.6 Å². The Bertz CT molecular complexity index is 1090. The van der Waals surface area contributed by atoms with E-state index in [9.17, 15) is 4.79 Å². The third-order valence-electron chi connectivity index (χ3n) is 5.37. The van der Waals surface area contributed by atoms with Gasteiger partial charge < -0.3 is 19.0 Å². The lowest BCUT2D eigenvalue weighted by molar-refractivity contribution is 0.0637. The number of halogens is 1. The van der Waals surface area contributed by atoms with E-state index in [2.05, 4.69) is 20.1 Å². The standard InChI is InChI=1S/C24H27N5O3.ClH/c1-17(19-10-7-11-20(16-19)21(30)18-8-5-4-6-9-18)22-26-27-23(32-22)25-24(28(2)3)29-12-14-31-15-13-29;/h4-11,16-17H,12-15H2,1-3H3;1H/b25-24+;. The number of benzene rings is 2. The van der Waals surface area contributed by atoms with Crippen molar-refractivity contribution in [3.8, 4) is 0 Å². The van der Waals surface area contributed by atoms with Crippen LogP contribution in [-0.2, 0) is 4.74 Å². The molecule has 2 aromatic carbocycles. The number of nitrogens with zero attached hydrogens (tertiary/aromatic N) is 5. The van der Waals surface area contributed by atoms with Crippen LogP contribution in [-0.4, -0.2) is 72.1 Å². The normalized spacial score (nSPS) is 15.0. The van der Waals surface area contributed by atoms with E-state index in [1.54, 1.807) is 0 Å². The number of aliphatic imine (C=N–C) groups is 1. The fraction of sp³-hybridized carbons (Fsp3) is 0.333. The molecule has 0 bridgehead atoms. The van der Waals surface area contributed by atoms with Gasteiger partial charge in [0.2, 0.25) is 11.9 Å². The first-order valence-electron chi connectivity index (χ1n) is 10.6. The Morgan fingerprint density at radius 2 is 1.73 bits per heavy atom. The molecule has 1 fully saturated rings. The van der Waals surface area contributed by atoms with Gasteiger partial charge >= 0.3 is 6.01 Å². The van der Waals surface area contributed by atoms with Crippen molar-refractivity contribution >= 4 is 30.2 Å². The second kappa shape index (κ2) is 11.1. The summed E-state index contributed by atoms with van der Waals surface area (Å²) in [5.41, 5.74) is 2.21. The van der Waals surface area contributed by atoms with Crippen LogP contribution in [0.1, 0.15) is 40.2 Å². The fourth-order valence-corrected chi connectivity index (χ4v) is 3.60. The number of ether oxygens (including phenoxy) is 1. The summed E-state index contributed by atoms with van der Waals surface area (Å²) < 4.78 is 11.3. The molecule has 1 aromatic heterocycles. The topological polar surface area (TPSA) is 84.1 Å². The number of hydrogen-bond acceptors (Lipinski definition) is 6. The minimum absolute atomic E-state index is 0. The van der Waals surface area contributed by atoms with Gasteiger partial charge in [-0.25, -0.2) is 0 Å². The van der Waals surface area contributed by atoms with Crippen LogP contribution in [0.3, 0.4) is 0 Å². The third-order valence-corrected chi connectivity index (χ3v) is 5.37. The molecule has 33 heavy (non-hydrogen) atoms. The number of hydrogen-bond donors (Lipinski definition) is 0. The van der Waals surface area contributed by atoms with Gasteiger partial charge in [-0.2, -0.15) is 4.99 Å². The number of carbonyl (C=O) groups excluding carboxylic acids is 1. The molecular formula is C24H28ClN5O3. The first-order chi connectivity index (χ1) is 15.5. The van der Waals surface area contributed by atoms with Gasteiger partial charge in [-0.3, -0.25) is 4.79 Å². The van der Waals surface area contributed by atoms with Crippen LogP contribution in [0.4, 0.5) is 6.01 Å². The van der Waals surface area contributed by atoms with E-state index in [-0.39, 0.29) is 30.1 Å². The van der Waals surface area contributed by atoms with Crippen LogP contribution in [0, 0.1) is 0 Å². The molecule has 0 spiro atoms. The Balaban J connectivity index is 0.00000306. The number of ketones is 1. The van der Waals surface area contributed by atoms with Crippen molar-refractivity contribution in [1.82, 2.24) is 20.0 Å². The summed E-state index contributed by atoms with van der Waals surface area (Å²) in [5, 5.41) is 8.34. The maximum atomic E-state index is 12.8. The summed E-state index contributed by atoms with van der Waals surface area (Å²) in [7, 11) is 3.87. The zero-order valence-electron chi connectivity index (χ0n) is 19.0. The quantitative estimate of drug-likeness (QED) is 0.319. The zero-order chi connectivity index (χ0) is 22.5. The van der Waals surface area contributed by atoms with Crippen molar-refractivity contribution in [2.45, 2.75) is 12.8 Å². The van der Waals surface area contributed by atoms with Gasteiger partial charge in [0.1, 0.15) is 0 Å². The van der Waals surface area contributed by atoms with Crippen LogP contribution in [0.5, 0.6) is 0 Å². The van der Waals surface area contributed by atoms with E-state index in [0.29, 0.717) is 30.2 Å². The Morgan fingerprint density at radius 3 is 2.42 bits per heavy atom. The van der Waals surface area contributed by atoms with Crippen LogP contribution in [0.2, 0.25) is 0 Å². The highest BCUT2D eigenvalue weighted by molar-refractivity contribution is 6.09. The van der Waals surface area contributed by atoms with E-state index in [1.165, 1.54) is 0 Å². The molecule has 1 aliphatic rings. The summed E-state index contributed by atoms with van der Waals surface area (Å²) in [5.74, 6) is 1.01. The summed E-state index contributed by atoms with van der Waals surface area (Å²) in [6.07, 6.45) is 0. The summed E-state index contributed by atoms with van der Waals surface area (Å²) in [6, 6.07) is 17.0. The molecule has 2 heterocycles. The zero-order valence-corrected chi connectivity index (χ0v) is 19.8. The van der Waals surface area contributed by atoms with Gasteiger partial charge in [-0.1, -0.05) is 53.6 Å². The van der Waals surface area contributed by atoms with Crippen molar-refractivity contribution in [1.29, 1.82) is 0 Å². The smallest absolute Gasteiger partial charge is 0.345 e. The first-order valence-corrected chi connectivity index (χ1v) is 10.6. The Morgan fingerprint density at radius 1 is 1.03 bits per heavy atom. The molecule has 1 saturated heterocycles. The molecule has 0 radical (unpaired) electrons. The van der Waals surface area contributed by atoms with Crippen LogP contribution in [0.15, 0.2) is 64.0 Å². The van der Waals surface area contributed by atoms with Gasteiger partial charge in [0.05, 0.1) is 19.1 Å². The largest absolute Gasteiger partial charge is 0.406 e. The number of morpholine rings is 1. The summed E-state index contributed by atoms with van der Waals surface area (Å²) in [6.45, 7) is 4.82. The predicted molar refractivity (Wildman–Crippen MR) is 129 cm³/mol. The highest BCUT2D eigenvalue weighted by Crippen LogP contribution is 2.26. The molecular weight excluding hydrogens is 442 g/mol. The van der Waals surface area contributed by atoms with E-state index in [4.69, 9.17) is 9.15 Å². The Kier molecular flexibility index (Phi) is 8.19. The number of rotatable bonds is 5. The van der Waals surface area contributed by atoms with Gasteiger partial charge in [-0.05, 0) is 18.6 Å². The molecule has 0 saturated carbocycles. The molecule has 1 unspecified atom stereocenters. The second-order valence-corrected chi connectivity index (χ2v) is 7.87. The molecule has 0 amide bonds. The highest BCUT2D eigenvalue weighted by atomic mass is 35.5. The summed E-state index contributed by atoms with van der Waals surface area (Å²) in [4.78, 5) is 21.5. The van der Waals surface area contributed by atoms with E-state index >= 15 is 0 Å². The monoisotopic (exact) mass is 469 g/mol. The molecule has 4 rings (SSSR count). The molecule has 1 aliphatic heterocycles. The molecule has 9 heteroatoms. The summed E-state index contributed by atoms with van der Waals surface area (Å²) >= 11 is 0. The van der Waals surface area contributed by atoms with Crippen LogP contribution < -0.4 is 0 Å². The van der Waals surface area contributed by atoms with Crippen molar-refractivity contribution in [2.75, 3.05) is 40.4 Å². The van der Waals surface area contributed by atoms with Crippen molar-refractivity contribution in [2.24, 2.45) is 4.99 Å². The number of aromatic nitrogens is 2. The minimum atomic E-state index is -0.179. The number of guanidine groups is 1. The van der Waals surface area contributed by atoms with Crippen molar-refractivity contribution in [3.05, 3.63) is 77.2 Å². The van der Waals surface area contributed by atoms with Gasteiger partial charge in [0.25, 0.3) is 0 Å². The molecule has 8 nitrogen and oxygen atoms in total. The first kappa shape index (κ1) is 24.4. The molecule has 1 atom stereocenters. The lowest BCUT2D eigenvalue weighted by Gasteiger charge is -2.32. The van der Waals surface area contributed by atoms with Crippen molar-refractivity contribution < 1.29 is 13.9 Å². The van der Waals surface area contributed by atoms with Crippen LogP contribution >= 0.6 is 12.4 Å². The van der Waals surface area contributed by atoms with E-state index in [1.807, 2.05) is 80.5 Å². The van der Waals surface area contributed by atoms with Crippen molar-refractivity contribution in [3.63, 3.8) is 0 Å². The van der Waals surface area contributed by atoms with Crippen LogP contribution in [0.25, 0.3) is 0 Å². The molecule has 0 N–H and O–H groups in total. The predicted octanol–water partition coefficient (Wildman–Crippen LogP) is 3.76. The fourth-order valence-electron chi connectivity index (χ4n) is 3.60. The average Bonchev–Trinajstić information content (AvgIpc) is 3.31. The minimum Gasteiger partial charge on any atom is -0.406 e. The van der Waals surface area contributed by atoms with Gasteiger partial charge in [0, 0.05) is 38.3 Å². The maximum absolute atomic E-state index is 12.8. The van der Waals surface area contributed by atoms with Gasteiger partial charge in [0.15, 0.2) is 5.78 Å². The highest BCUT2D eigenvalue weighted by Gasteiger charge is 2.21. The SMILES string of the molecule is CC(c1cccc(C(=O)c2ccccc2)c1)c1nnc(/N=C(\N(C)C)N2CCOCC2)o1.Cl. The third kappa shape index (κ3) is 5.77. The van der Waals surface area contributed by atoms with E-state index < -0.39 is 0 Å². The molecule has 174 valence electrons. The Hall–Kier alpha value is -3.23. The maximum Gasteiger partial charge on any atom is 0.345 e. The lowest BCUT2D eigenvalue weighted by atomic mass is 9.96.